The van der Waals surface area contributed by atoms with Crippen LogP contribution >= 0.6 is 23.5 Å². The monoisotopic (exact) mass is 314 g/mol. The van der Waals surface area contributed by atoms with Crippen LogP contribution in [0.4, 0.5) is 4.39 Å². The molecule has 0 N–H and O–H groups in total. The fourth-order valence-corrected chi connectivity index (χ4v) is 4.36. The van der Waals surface area contributed by atoms with Gasteiger partial charge in [0.2, 0.25) is 0 Å². The zero-order valence-corrected chi connectivity index (χ0v) is 13.2. The van der Waals surface area contributed by atoms with Crippen LogP contribution in [0.15, 0.2) is 29.2 Å². The van der Waals surface area contributed by atoms with E-state index < -0.39 is 0 Å². The molecular formula is C15H19FO2S2. The van der Waals surface area contributed by atoms with Crippen molar-refractivity contribution in [3.63, 3.8) is 0 Å². The van der Waals surface area contributed by atoms with Crippen LogP contribution in [0, 0.1) is 11.2 Å². The molecule has 0 atom stereocenters. The van der Waals surface area contributed by atoms with Gasteiger partial charge in [0, 0.05) is 16.4 Å². The van der Waals surface area contributed by atoms with Gasteiger partial charge in [-0.15, -0.1) is 11.8 Å². The summed E-state index contributed by atoms with van der Waals surface area (Å²) in [4.78, 5) is 12.0. The number of esters is 1. The summed E-state index contributed by atoms with van der Waals surface area (Å²) in [5.74, 6) is 2.61. The summed E-state index contributed by atoms with van der Waals surface area (Å²) in [6.45, 7) is 0. The first-order chi connectivity index (χ1) is 9.65. The molecule has 1 saturated carbocycles. The highest BCUT2D eigenvalue weighted by Crippen LogP contribution is 2.51. The quantitative estimate of drug-likeness (QED) is 0.412. The van der Waals surface area contributed by atoms with Crippen LogP contribution in [0.2, 0.25) is 0 Å². The van der Waals surface area contributed by atoms with Crippen LogP contribution in [-0.4, -0.2) is 30.3 Å². The van der Waals surface area contributed by atoms with Crippen molar-refractivity contribution >= 4 is 29.5 Å². The van der Waals surface area contributed by atoms with E-state index in [2.05, 4.69) is 0 Å². The van der Waals surface area contributed by atoms with Gasteiger partial charge in [0.25, 0.3) is 0 Å². The Labute approximate surface area is 127 Å². The van der Waals surface area contributed by atoms with Gasteiger partial charge in [0.05, 0.1) is 13.5 Å². The molecule has 0 unspecified atom stereocenters. The van der Waals surface area contributed by atoms with E-state index in [0.717, 1.165) is 30.1 Å². The summed E-state index contributed by atoms with van der Waals surface area (Å²) in [6.07, 6.45) is 2.78. The molecule has 1 fully saturated rings. The van der Waals surface area contributed by atoms with Crippen molar-refractivity contribution in [2.24, 2.45) is 5.41 Å². The van der Waals surface area contributed by atoms with Crippen molar-refractivity contribution in [2.45, 2.75) is 24.2 Å². The van der Waals surface area contributed by atoms with E-state index >= 15 is 0 Å². The summed E-state index contributed by atoms with van der Waals surface area (Å²) in [7, 11) is 1.44. The molecular weight excluding hydrogens is 295 g/mol. The first kappa shape index (κ1) is 15.7. The van der Waals surface area contributed by atoms with E-state index in [-0.39, 0.29) is 17.2 Å². The number of thioether (sulfide) groups is 2. The second-order valence-corrected chi connectivity index (χ2v) is 7.33. The fraction of sp³-hybridized carbons (Fsp3) is 0.533. The number of carbonyl (C=O) groups is 1. The topological polar surface area (TPSA) is 26.3 Å². The summed E-state index contributed by atoms with van der Waals surface area (Å²) >= 11 is 3.40. The zero-order chi connectivity index (χ0) is 14.4. The minimum Gasteiger partial charge on any atom is -0.469 e. The van der Waals surface area contributed by atoms with Crippen LogP contribution in [0.5, 0.6) is 0 Å². The maximum atomic E-state index is 13.4. The molecule has 2 nitrogen and oxygen atoms in total. The first-order valence-corrected chi connectivity index (χ1v) is 8.81. The van der Waals surface area contributed by atoms with E-state index in [1.807, 2.05) is 23.9 Å². The number of hydrogen-bond acceptors (Lipinski definition) is 4. The van der Waals surface area contributed by atoms with Crippen molar-refractivity contribution in [1.29, 1.82) is 0 Å². The Hall–Kier alpha value is -0.680. The lowest BCUT2D eigenvalue weighted by atomic mass is 10.1. The van der Waals surface area contributed by atoms with Crippen LogP contribution < -0.4 is 0 Å². The predicted octanol–water partition coefficient (Wildman–Crippen LogP) is 3.99. The number of ether oxygens (including phenoxy) is 1. The molecule has 0 saturated heterocycles. The molecule has 0 aliphatic heterocycles. The van der Waals surface area contributed by atoms with Gasteiger partial charge in [-0.25, -0.2) is 4.39 Å². The minimum absolute atomic E-state index is 0.108. The SMILES string of the molecule is COC(=O)CC1(CSCCSc2ccccc2F)CC1. The maximum Gasteiger partial charge on any atom is 0.306 e. The van der Waals surface area contributed by atoms with Gasteiger partial charge in [-0.3, -0.25) is 4.79 Å². The van der Waals surface area contributed by atoms with Gasteiger partial charge in [-0.05, 0) is 36.1 Å². The van der Waals surface area contributed by atoms with Crippen LogP contribution in [0.3, 0.4) is 0 Å². The van der Waals surface area contributed by atoms with Crippen LogP contribution in [-0.2, 0) is 9.53 Å². The molecule has 5 heteroatoms. The Balaban J connectivity index is 1.63. The molecule has 2 rings (SSSR count). The molecule has 0 aromatic heterocycles. The first-order valence-electron chi connectivity index (χ1n) is 6.67. The molecule has 0 amide bonds. The molecule has 1 aliphatic rings. The predicted molar refractivity (Wildman–Crippen MR) is 82.7 cm³/mol. The molecule has 0 bridgehead atoms. The van der Waals surface area contributed by atoms with Gasteiger partial charge in [-0.1, -0.05) is 12.1 Å². The fourth-order valence-electron chi connectivity index (χ4n) is 1.99. The molecule has 0 spiro atoms. The summed E-state index contributed by atoms with van der Waals surface area (Å²) < 4.78 is 18.1. The second kappa shape index (κ2) is 7.36. The largest absolute Gasteiger partial charge is 0.469 e. The lowest BCUT2D eigenvalue weighted by Crippen LogP contribution is -2.13. The number of carbonyl (C=O) groups excluding carboxylic acids is 1. The Bertz CT molecular complexity index is 461. The molecule has 0 radical (unpaired) electrons. The smallest absolute Gasteiger partial charge is 0.306 e. The normalized spacial score (nSPS) is 15.9. The maximum absolute atomic E-state index is 13.4. The lowest BCUT2D eigenvalue weighted by Gasteiger charge is -2.12. The molecule has 0 heterocycles. The van der Waals surface area contributed by atoms with Crippen molar-refractivity contribution in [3.05, 3.63) is 30.1 Å². The highest BCUT2D eigenvalue weighted by Gasteiger charge is 2.44. The highest BCUT2D eigenvalue weighted by molar-refractivity contribution is 8.03. The van der Waals surface area contributed by atoms with E-state index in [1.54, 1.807) is 17.8 Å². The van der Waals surface area contributed by atoms with Crippen molar-refractivity contribution < 1.29 is 13.9 Å². The number of rotatable bonds is 8. The van der Waals surface area contributed by atoms with Gasteiger partial charge < -0.3 is 4.74 Å². The Morgan fingerprint density at radius 2 is 2.10 bits per heavy atom. The third kappa shape index (κ3) is 4.70. The number of benzene rings is 1. The average Bonchev–Trinajstić information content (AvgIpc) is 3.20. The molecule has 20 heavy (non-hydrogen) atoms. The summed E-state index contributed by atoms with van der Waals surface area (Å²) in [5, 5.41) is 0. The standard InChI is InChI=1S/C15H19FO2S2/c1-18-14(17)10-15(6-7-15)11-19-8-9-20-13-5-3-2-4-12(13)16/h2-5H,6-11H2,1H3. The van der Waals surface area contributed by atoms with Crippen LogP contribution in [0.1, 0.15) is 19.3 Å². The minimum atomic E-state index is -0.146. The third-order valence-electron chi connectivity index (χ3n) is 3.43. The Morgan fingerprint density at radius 3 is 2.75 bits per heavy atom. The van der Waals surface area contributed by atoms with Gasteiger partial charge >= 0.3 is 5.97 Å². The molecule has 1 aliphatic carbocycles. The second-order valence-electron chi connectivity index (χ2n) is 5.08. The molecule has 1 aromatic rings. The summed E-state index contributed by atoms with van der Waals surface area (Å²) in [6, 6.07) is 6.86. The summed E-state index contributed by atoms with van der Waals surface area (Å²) in [5.41, 5.74) is 0.181. The van der Waals surface area contributed by atoms with Crippen molar-refractivity contribution in [3.8, 4) is 0 Å². The zero-order valence-electron chi connectivity index (χ0n) is 11.6. The number of halogens is 1. The van der Waals surface area contributed by atoms with E-state index in [0.29, 0.717) is 11.3 Å². The lowest BCUT2D eigenvalue weighted by molar-refractivity contribution is -0.141. The number of methoxy groups -OCH3 is 1. The Morgan fingerprint density at radius 1 is 1.35 bits per heavy atom. The Kier molecular flexibility index (Phi) is 5.78. The van der Waals surface area contributed by atoms with Crippen molar-refractivity contribution in [2.75, 3.05) is 24.4 Å². The molecule has 1 aromatic carbocycles. The third-order valence-corrected chi connectivity index (χ3v) is 6.05. The van der Waals surface area contributed by atoms with Crippen LogP contribution in [0.25, 0.3) is 0 Å². The molecule has 110 valence electrons. The van der Waals surface area contributed by atoms with E-state index in [1.165, 1.54) is 13.2 Å². The van der Waals surface area contributed by atoms with E-state index in [9.17, 15) is 9.18 Å². The highest BCUT2D eigenvalue weighted by atomic mass is 32.2. The average molecular weight is 314 g/mol. The van der Waals surface area contributed by atoms with E-state index in [4.69, 9.17) is 4.74 Å². The van der Waals surface area contributed by atoms with Crippen molar-refractivity contribution in [1.82, 2.24) is 0 Å². The van der Waals surface area contributed by atoms with Gasteiger partial charge in [0.15, 0.2) is 0 Å². The van der Waals surface area contributed by atoms with Gasteiger partial charge in [0.1, 0.15) is 5.82 Å². The number of hydrogen-bond donors (Lipinski definition) is 0. The van der Waals surface area contributed by atoms with Gasteiger partial charge in [-0.2, -0.15) is 11.8 Å².